The molecule has 0 saturated carbocycles. The number of hydrogen-bond donors (Lipinski definition) is 2. The van der Waals surface area contributed by atoms with E-state index in [9.17, 15) is 8.42 Å². The van der Waals surface area contributed by atoms with Crippen LogP contribution >= 0.6 is 11.6 Å². The fourth-order valence-electron chi connectivity index (χ4n) is 3.13. The zero-order chi connectivity index (χ0) is 18.0. The number of fused-ring (bicyclic) bond motifs is 2. The predicted octanol–water partition coefficient (Wildman–Crippen LogP) is 2.53. The van der Waals surface area contributed by atoms with Gasteiger partial charge in [0.05, 0.1) is 16.8 Å². The molecule has 0 aliphatic carbocycles. The Morgan fingerprint density at radius 2 is 1.96 bits per heavy atom. The number of aryl methyl sites for hydroxylation is 1. The maximum atomic E-state index is 10.5. The second-order valence-corrected chi connectivity index (χ2v) is 8.08. The number of nitrogens with one attached hydrogen (secondary N) is 1. The minimum atomic E-state index is -4.02. The number of hydrogen-bond acceptors (Lipinski definition) is 5. The van der Waals surface area contributed by atoms with Crippen LogP contribution < -0.4 is 10.2 Å². The third kappa shape index (κ3) is 4.49. The van der Waals surface area contributed by atoms with Gasteiger partial charge in [0.2, 0.25) is 0 Å². The summed E-state index contributed by atoms with van der Waals surface area (Å²) in [6.07, 6.45) is 3.13. The highest BCUT2D eigenvalue weighted by molar-refractivity contribution is 7.85. The van der Waals surface area contributed by atoms with Gasteiger partial charge in [0, 0.05) is 25.2 Å². The molecule has 2 aliphatic heterocycles. The molecule has 3 heterocycles. The molecule has 2 N–H and O–H groups in total. The normalized spacial score (nSPS) is 21.8. The second kappa shape index (κ2) is 7.29. The molecule has 134 valence electrons. The van der Waals surface area contributed by atoms with Crippen molar-refractivity contribution in [1.82, 2.24) is 10.3 Å². The van der Waals surface area contributed by atoms with Crippen LogP contribution in [0, 0.1) is 6.92 Å². The molecule has 1 aromatic carbocycles. The number of aromatic nitrogens is 1. The Morgan fingerprint density at radius 1 is 1.24 bits per heavy atom. The van der Waals surface area contributed by atoms with E-state index in [4.69, 9.17) is 16.2 Å². The first-order valence-corrected chi connectivity index (χ1v) is 9.80. The van der Waals surface area contributed by atoms with Crippen molar-refractivity contribution in [2.45, 2.75) is 30.3 Å². The third-order valence-corrected chi connectivity index (χ3v) is 5.51. The van der Waals surface area contributed by atoms with E-state index in [0.717, 1.165) is 18.7 Å². The van der Waals surface area contributed by atoms with E-state index in [1.54, 1.807) is 12.1 Å². The zero-order valence-electron chi connectivity index (χ0n) is 13.8. The van der Waals surface area contributed by atoms with Gasteiger partial charge in [-0.25, -0.2) is 4.98 Å². The quantitative estimate of drug-likeness (QED) is 0.614. The Hall–Kier alpha value is -1.67. The number of halogens is 1. The van der Waals surface area contributed by atoms with Crippen LogP contribution in [0.4, 0.5) is 5.69 Å². The van der Waals surface area contributed by atoms with Crippen molar-refractivity contribution in [3.05, 3.63) is 53.3 Å². The lowest BCUT2D eigenvalue weighted by atomic mass is 10.2. The second-order valence-electron chi connectivity index (χ2n) is 6.27. The number of nitrogens with zero attached hydrogens (tertiary/aromatic N) is 2. The van der Waals surface area contributed by atoms with Gasteiger partial charge in [-0.2, -0.15) is 8.42 Å². The van der Waals surface area contributed by atoms with Crippen molar-refractivity contribution in [1.29, 1.82) is 0 Å². The summed E-state index contributed by atoms with van der Waals surface area (Å²) < 4.78 is 29.6. The molecular weight excluding hydrogens is 362 g/mol. The molecule has 2 aromatic rings. The first kappa shape index (κ1) is 18.1. The first-order chi connectivity index (χ1) is 11.8. The van der Waals surface area contributed by atoms with Crippen molar-refractivity contribution in [2.24, 2.45) is 0 Å². The lowest BCUT2D eigenvalue weighted by Crippen LogP contribution is -2.43. The first-order valence-electron chi connectivity index (χ1n) is 7.98. The SMILES string of the molecule is Cc1ccc(S(=O)(=O)O)cc1.Clc1ccc(N2C[C@@H]3C[C@H]2CN3)cn1. The molecule has 0 radical (unpaired) electrons. The molecule has 2 bridgehead atoms. The van der Waals surface area contributed by atoms with Gasteiger partial charge in [-0.1, -0.05) is 29.3 Å². The number of anilines is 1. The monoisotopic (exact) mass is 381 g/mol. The van der Waals surface area contributed by atoms with E-state index in [2.05, 4.69) is 21.3 Å². The van der Waals surface area contributed by atoms with Crippen LogP contribution in [0.3, 0.4) is 0 Å². The van der Waals surface area contributed by atoms with Crippen molar-refractivity contribution < 1.29 is 13.0 Å². The fourth-order valence-corrected chi connectivity index (χ4v) is 3.72. The highest BCUT2D eigenvalue weighted by atomic mass is 35.5. The minimum absolute atomic E-state index is 0.0666. The van der Waals surface area contributed by atoms with Gasteiger partial charge in [-0.3, -0.25) is 4.55 Å². The Balaban J connectivity index is 0.000000151. The van der Waals surface area contributed by atoms with Crippen LogP contribution in [0.2, 0.25) is 5.15 Å². The van der Waals surface area contributed by atoms with E-state index >= 15 is 0 Å². The van der Waals surface area contributed by atoms with Crippen LogP contribution in [0.5, 0.6) is 0 Å². The van der Waals surface area contributed by atoms with Crippen molar-refractivity contribution in [3.8, 4) is 0 Å². The van der Waals surface area contributed by atoms with E-state index < -0.39 is 10.1 Å². The average molecular weight is 382 g/mol. The van der Waals surface area contributed by atoms with Crippen LogP contribution in [0.1, 0.15) is 12.0 Å². The third-order valence-electron chi connectivity index (χ3n) is 4.42. The minimum Gasteiger partial charge on any atom is -0.364 e. The van der Waals surface area contributed by atoms with Crippen molar-refractivity contribution in [3.63, 3.8) is 0 Å². The Bertz CT molecular complexity index is 825. The van der Waals surface area contributed by atoms with Crippen LogP contribution in [-0.4, -0.2) is 43.1 Å². The highest BCUT2D eigenvalue weighted by Crippen LogP contribution is 2.29. The van der Waals surface area contributed by atoms with Gasteiger partial charge in [0.1, 0.15) is 5.15 Å². The van der Waals surface area contributed by atoms with E-state index in [1.165, 1.54) is 24.2 Å². The van der Waals surface area contributed by atoms with Gasteiger partial charge >= 0.3 is 0 Å². The number of benzene rings is 1. The molecular formula is C17H20ClN3O3S. The van der Waals surface area contributed by atoms with Gasteiger partial charge in [-0.15, -0.1) is 0 Å². The molecule has 1 aromatic heterocycles. The maximum absolute atomic E-state index is 10.5. The van der Waals surface area contributed by atoms with E-state index in [1.807, 2.05) is 19.2 Å². The zero-order valence-corrected chi connectivity index (χ0v) is 15.3. The molecule has 0 spiro atoms. The summed E-state index contributed by atoms with van der Waals surface area (Å²) >= 11 is 5.76. The Labute approximate surface area is 152 Å². The lowest BCUT2D eigenvalue weighted by molar-refractivity contribution is 0.483. The molecule has 2 aliphatic rings. The van der Waals surface area contributed by atoms with Gasteiger partial charge < -0.3 is 10.2 Å². The largest absolute Gasteiger partial charge is 0.364 e. The summed E-state index contributed by atoms with van der Waals surface area (Å²) in [5.41, 5.74) is 2.15. The van der Waals surface area contributed by atoms with Gasteiger partial charge in [-0.05, 0) is 37.6 Å². The smallest absolute Gasteiger partial charge is 0.294 e. The molecule has 6 nitrogen and oxygen atoms in total. The number of piperazine rings is 1. The summed E-state index contributed by atoms with van der Waals surface area (Å²) in [6.45, 7) is 4.05. The summed E-state index contributed by atoms with van der Waals surface area (Å²) in [6, 6.07) is 11.2. The molecule has 2 atom stereocenters. The summed E-state index contributed by atoms with van der Waals surface area (Å²) in [5, 5.41) is 4.04. The van der Waals surface area contributed by atoms with Gasteiger partial charge in [0.25, 0.3) is 10.1 Å². The predicted molar refractivity (Wildman–Crippen MR) is 97.8 cm³/mol. The van der Waals surface area contributed by atoms with Crippen LogP contribution in [0.15, 0.2) is 47.5 Å². The topological polar surface area (TPSA) is 82.5 Å². The Morgan fingerprint density at radius 3 is 2.44 bits per heavy atom. The van der Waals surface area contributed by atoms with Crippen LogP contribution in [0.25, 0.3) is 0 Å². The Kier molecular flexibility index (Phi) is 5.29. The summed E-state index contributed by atoms with van der Waals surface area (Å²) in [7, 11) is -4.02. The summed E-state index contributed by atoms with van der Waals surface area (Å²) in [4.78, 5) is 6.47. The number of rotatable bonds is 2. The molecule has 4 rings (SSSR count). The van der Waals surface area contributed by atoms with E-state index in [0.29, 0.717) is 17.2 Å². The average Bonchev–Trinajstić information content (AvgIpc) is 3.19. The summed E-state index contributed by atoms with van der Waals surface area (Å²) in [5.74, 6) is 0. The molecule has 2 saturated heterocycles. The standard InChI is InChI=1S/C10H12ClN3.C7H8O3S/c11-10-2-1-8(4-13-10)14-6-7-3-9(14)5-12-7;1-6-2-4-7(5-3-6)11(8,9)10/h1-2,4,7,9,12H,3,5-6H2;2-5H,1H3,(H,8,9,10)/t7-,9-;/m0./s1. The molecule has 8 heteroatoms. The molecule has 2 fully saturated rings. The molecule has 0 unspecified atom stereocenters. The highest BCUT2D eigenvalue weighted by Gasteiger charge is 2.37. The van der Waals surface area contributed by atoms with Crippen molar-refractivity contribution >= 4 is 27.4 Å². The molecule has 0 amide bonds. The van der Waals surface area contributed by atoms with Gasteiger partial charge in [0.15, 0.2) is 0 Å². The molecule has 25 heavy (non-hydrogen) atoms. The lowest BCUT2D eigenvalue weighted by Gasteiger charge is -2.29. The maximum Gasteiger partial charge on any atom is 0.294 e. The van der Waals surface area contributed by atoms with Crippen molar-refractivity contribution in [2.75, 3.05) is 18.0 Å². The van der Waals surface area contributed by atoms with Crippen LogP contribution in [-0.2, 0) is 10.1 Å². The fraction of sp³-hybridized carbons (Fsp3) is 0.353. The number of pyridine rings is 1. The van der Waals surface area contributed by atoms with E-state index in [-0.39, 0.29) is 4.90 Å².